The summed E-state index contributed by atoms with van der Waals surface area (Å²) in [6.07, 6.45) is 24.4. The van der Waals surface area contributed by atoms with Gasteiger partial charge in [0, 0.05) is 47.8 Å². The molecule has 0 aromatic heterocycles. The lowest BCUT2D eigenvalue weighted by Crippen LogP contribution is -2.36. The van der Waals surface area contributed by atoms with Crippen LogP contribution in [0.3, 0.4) is 0 Å². The normalized spacial score (nSPS) is 37.4. The van der Waals surface area contributed by atoms with Crippen LogP contribution in [0, 0.1) is 23.7 Å². The zero-order valence-corrected chi connectivity index (χ0v) is 17.1. The second kappa shape index (κ2) is 6.97. The average molecular weight is 387 g/mol. The quantitative estimate of drug-likeness (QED) is 0.616. The summed E-state index contributed by atoms with van der Waals surface area (Å²) in [5.41, 5.74) is 5.90. The van der Waals surface area contributed by atoms with Crippen LogP contribution in [0.5, 0.6) is 0 Å². The summed E-state index contributed by atoms with van der Waals surface area (Å²) in [5.74, 6) is 1.95. The van der Waals surface area contributed by atoms with Crippen molar-refractivity contribution in [2.45, 2.75) is 57.4 Å². The Morgan fingerprint density at radius 3 is 2.86 bits per heavy atom. The van der Waals surface area contributed by atoms with Gasteiger partial charge in [0.25, 0.3) is 0 Å². The van der Waals surface area contributed by atoms with Crippen LogP contribution in [-0.2, 0) is 4.79 Å². The van der Waals surface area contributed by atoms with Crippen LogP contribution in [0.2, 0.25) is 0 Å². The van der Waals surface area contributed by atoms with Gasteiger partial charge in [-0.1, -0.05) is 30.4 Å². The van der Waals surface area contributed by atoms with Crippen LogP contribution in [0.25, 0.3) is 0 Å². The van der Waals surface area contributed by atoms with E-state index in [2.05, 4.69) is 46.3 Å². The van der Waals surface area contributed by atoms with Crippen LogP contribution < -0.4 is 0 Å². The van der Waals surface area contributed by atoms with Crippen molar-refractivity contribution < 1.29 is 4.79 Å². The van der Waals surface area contributed by atoms with Crippen LogP contribution in [0.1, 0.15) is 51.4 Å². The molecule has 3 aliphatic carbocycles. The minimum atomic E-state index is 0.128. The Morgan fingerprint density at radius 2 is 1.97 bits per heavy atom. The van der Waals surface area contributed by atoms with Crippen molar-refractivity contribution in [2.24, 2.45) is 28.7 Å². The van der Waals surface area contributed by atoms with E-state index in [1.807, 2.05) is 6.21 Å². The predicted molar refractivity (Wildman–Crippen MR) is 116 cm³/mol. The molecule has 6 aliphatic rings. The molecule has 0 aromatic rings. The molecule has 3 nitrogen and oxygen atoms in total. The van der Waals surface area contributed by atoms with Gasteiger partial charge in [0.05, 0.1) is 6.04 Å². The highest BCUT2D eigenvalue weighted by Crippen LogP contribution is 2.55. The van der Waals surface area contributed by atoms with E-state index >= 15 is 0 Å². The number of ketones is 1. The van der Waals surface area contributed by atoms with E-state index in [9.17, 15) is 4.79 Å². The third-order valence-corrected chi connectivity index (χ3v) is 8.11. The molecule has 0 N–H and O–H groups in total. The summed E-state index contributed by atoms with van der Waals surface area (Å²) in [5, 5.41) is 0. The van der Waals surface area contributed by atoms with Crippen molar-refractivity contribution >= 4 is 12.0 Å². The third-order valence-electron chi connectivity index (χ3n) is 8.11. The molecule has 29 heavy (non-hydrogen) atoms. The number of carbonyl (C=O) groups excluding carboxylic acids is 1. The van der Waals surface area contributed by atoms with Crippen LogP contribution >= 0.6 is 0 Å². The highest BCUT2D eigenvalue weighted by molar-refractivity contribution is 5.87. The second-order valence-electron chi connectivity index (χ2n) is 9.52. The number of dihydropyridines is 1. The summed E-state index contributed by atoms with van der Waals surface area (Å²) in [7, 11) is 0. The van der Waals surface area contributed by atoms with Gasteiger partial charge in [-0.3, -0.25) is 9.79 Å². The van der Waals surface area contributed by atoms with E-state index in [1.165, 1.54) is 29.0 Å². The lowest BCUT2D eigenvalue weighted by Gasteiger charge is -2.38. The smallest absolute Gasteiger partial charge is 0.143 e. The van der Waals surface area contributed by atoms with E-state index < -0.39 is 0 Å². The summed E-state index contributed by atoms with van der Waals surface area (Å²) in [6.45, 7) is 0.914. The molecule has 0 spiro atoms. The predicted octanol–water partition coefficient (Wildman–Crippen LogP) is 5.14. The zero-order valence-electron chi connectivity index (χ0n) is 17.1. The van der Waals surface area contributed by atoms with E-state index in [0.29, 0.717) is 23.7 Å². The fraction of sp³-hybridized carbons (Fsp3) is 0.538. The number of hydrogen-bond donors (Lipinski definition) is 0. The maximum atomic E-state index is 13.6. The molecule has 0 aromatic carbocycles. The van der Waals surface area contributed by atoms with E-state index in [1.54, 1.807) is 0 Å². The van der Waals surface area contributed by atoms with Gasteiger partial charge in [-0.15, -0.1) is 0 Å². The first-order valence-corrected chi connectivity index (χ1v) is 11.6. The van der Waals surface area contributed by atoms with Crippen molar-refractivity contribution in [3.05, 3.63) is 59.0 Å². The molecule has 3 heterocycles. The Hall–Kier alpha value is -2.16. The number of hydrogen-bond acceptors (Lipinski definition) is 3. The highest BCUT2D eigenvalue weighted by Gasteiger charge is 2.50. The molecule has 5 atom stereocenters. The lowest BCUT2D eigenvalue weighted by atomic mass is 9.70. The first-order chi connectivity index (χ1) is 14.3. The topological polar surface area (TPSA) is 32.7 Å². The van der Waals surface area contributed by atoms with Crippen LogP contribution in [0.15, 0.2) is 64.0 Å². The maximum Gasteiger partial charge on any atom is 0.143 e. The molecule has 0 saturated carbocycles. The molecule has 150 valence electrons. The molecule has 3 heteroatoms. The fourth-order valence-corrected chi connectivity index (χ4v) is 6.76. The maximum absolute atomic E-state index is 13.6. The van der Waals surface area contributed by atoms with Gasteiger partial charge < -0.3 is 4.90 Å². The molecular formula is C26H30N2O. The number of aliphatic imine (C=N–C) groups is 1. The van der Waals surface area contributed by atoms with Gasteiger partial charge in [0.2, 0.25) is 0 Å². The summed E-state index contributed by atoms with van der Waals surface area (Å²) >= 11 is 0. The van der Waals surface area contributed by atoms with Crippen molar-refractivity contribution in [1.29, 1.82) is 0 Å². The number of carbonyl (C=O) groups is 1. The summed E-state index contributed by atoms with van der Waals surface area (Å²) in [4.78, 5) is 20.9. The van der Waals surface area contributed by atoms with E-state index in [4.69, 9.17) is 0 Å². The first kappa shape index (κ1) is 17.7. The van der Waals surface area contributed by atoms with Gasteiger partial charge in [-0.25, -0.2) is 0 Å². The largest absolute Gasteiger partial charge is 0.341 e. The van der Waals surface area contributed by atoms with Gasteiger partial charge in [0.1, 0.15) is 5.78 Å². The summed E-state index contributed by atoms with van der Waals surface area (Å²) < 4.78 is 0. The minimum absolute atomic E-state index is 0.128. The van der Waals surface area contributed by atoms with E-state index in [0.717, 1.165) is 51.5 Å². The monoisotopic (exact) mass is 386 g/mol. The van der Waals surface area contributed by atoms with Gasteiger partial charge in [0.15, 0.2) is 0 Å². The molecule has 1 fully saturated rings. The number of nitrogens with zero attached hydrogens (tertiary/aromatic N) is 2. The Balaban J connectivity index is 1.45. The van der Waals surface area contributed by atoms with Gasteiger partial charge >= 0.3 is 0 Å². The average Bonchev–Trinajstić information content (AvgIpc) is 3.01. The third kappa shape index (κ3) is 2.69. The SMILES string of the molecule is O=C(C1CC=CCC1)C1CC[C@H]2C3=C1CC=C1C=CCCC1N3C1=CC=NC[C@@H]12. The van der Waals surface area contributed by atoms with Crippen molar-refractivity contribution in [2.75, 3.05) is 6.54 Å². The van der Waals surface area contributed by atoms with Crippen molar-refractivity contribution in [1.82, 2.24) is 4.90 Å². The second-order valence-corrected chi connectivity index (χ2v) is 9.52. The first-order valence-electron chi connectivity index (χ1n) is 11.6. The number of Topliss-reactive ketones (excluding diaryl/α,β-unsaturated/α-hetero) is 1. The molecule has 6 rings (SSSR count). The molecule has 1 saturated heterocycles. The van der Waals surface area contributed by atoms with Gasteiger partial charge in [-0.2, -0.15) is 0 Å². The Kier molecular flexibility index (Phi) is 4.25. The molecule has 0 bridgehead atoms. The molecule has 3 aliphatic heterocycles. The van der Waals surface area contributed by atoms with Crippen LogP contribution in [-0.4, -0.2) is 29.5 Å². The Bertz CT molecular complexity index is 915. The van der Waals surface area contributed by atoms with Crippen molar-refractivity contribution in [3.8, 4) is 0 Å². The molecule has 3 unspecified atom stereocenters. The number of allylic oxidation sites excluding steroid dienone is 7. The number of rotatable bonds is 2. The number of fused-ring (bicyclic) bond motifs is 5. The zero-order chi connectivity index (χ0) is 19.4. The van der Waals surface area contributed by atoms with Crippen molar-refractivity contribution in [3.63, 3.8) is 0 Å². The van der Waals surface area contributed by atoms with E-state index in [-0.39, 0.29) is 11.8 Å². The van der Waals surface area contributed by atoms with Crippen LogP contribution in [0.4, 0.5) is 0 Å². The Labute approximate surface area is 173 Å². The highest BCUT2D eigenvalue weighted by atomic mass is 16.1. The minimum Gasteiger partial charge on any atom is -0.341 e. The summed E-state index contributed by atoms with van der Waals surface area (Å²) in [6, 6.07) is 0.448. The Morgan fingerprint density at radius 1 is 1.03 bits per heavy atom. The fourth-order valence-electron chi connectivity index (χ4n) is 6.76. The lowest BCUT2D eigenvalue weighted by molar-refractivity contribution is -0.126. The molecular weight excluding hydrogens is 356 g/mol. The standard InChI is InChI=1S/C26H30N2O/c29-26(18-7-2-1-3-8-18)21-13-12-20-22-16-27-15-14-24(22)28-23-9-5-4-6-17(23)10-11-19(21)25(20)28/h1-2,4,6,10,14-15,18,20-23H,3,5,7-9,11-13,16H2/t18?,20-,21?,22-,23?/m1/s1. The molecule has 0 amide bonds. The van der Waals surface area contributed by atoms with Gasteiger partial charge in [-0.05, 0) is 68.6 Å². The molecule has 0 radical (unpaired) electrons.